The van der Waals surface area contributed by atoms with Crippen molar-refractivity contribution in [2.24, 2.45) is 0 Å². The number of aliphatic hydroxyl groups excluding tert-OH is 1. The number of ether oxygens (including phenoxy) is 1. The molecule has 0 saturated carbocycles. The van der Waals surface area contributed by atoms with E-state index in [1.807, 2.05) is 0 Å². The third kappa shape index (κ3) is 5.00. The Bertz CT molecular complexity index is 586. The number of hydrogen-bond acceptors (Lipinski definition) is 5. The van der Waals surface area contributed by atoms with Crippen molar-refractivity contribution in [3.63, 3.8) is 0 Å². The van der Waals surface area contributed by atoms with Crippen molar-refractivity contribution in [1.29, 1.82) is 0 Å². The number of carbonyl (C=O) groups is 1. The molecule has 1 aromatic carbocycles. The molecule has 0 aliphatic carbocycles. The Hall–Kier alpha value is -1.64. The predicted octanol–water partition coefficient (Wildman–Crippen LogP) is 0.704. The summed E-state index contributed by atoms with van der Waals surface area (Å²) in [5.74, 6) is 0.161. The molecule has 0 aliphatic heterocycles. The number of anilines is 1. The van der Waals surface area contributed by atoms with Crippen LogP contribution >= 0.6 is 0 Å². The van der Waals surface area contributed by atoms with E-state index < -0.39 is 10.0 Å². The number of hydrogen-bond donors (Lipinski definition) is 3. The summed E-state index contributed by atoms with van der Waals surface area (Å²) in [5.41, 5.74) is 0.301. The molecule has 8 heteroatoms. The number of rotatable bonds is 8. The lowest BCUT2D eigenvalue weighted by Crippen LogP contribution is -2.26. The van der Waals surface area contributed by atoms with Gasteiger partial charge in [0.1, 0.15) is 5.75 Å². The van der Waals surface area contributed by atoms with E-state index in [9.17, 15) is 13.2 Å². The Labute approximate surface area is 124 Å². The maximum absolute atomic E-state index is 12.0. The number of nitrogens with one attached hydrogen (secondary N) is 2. The van der Waals surface area contributed by atoms with Gasteiger partial charge in [-0.2, -0.15) is 0 Å². The van der Waals surface area contributed by atoms with Crippen molar-refractivity contribution in [2.75, 3.05) is 25.1 Å². The maximum Gasteiger partial charge on any atom is 0.240 e. The van der Waals surface area contributed by atoms with E-state index in [1.54, 1.807) is 13.8 Å². The van der Waals surface area contributed by atoms with Crippen molar-refractivity contribution < 1.29 is 23.1 Å². The van der Waals surface area contributed by atoms with Crippen LogP contribution in [0.3, 0.4) is 0 Å². The lowest BCUT2D eigenvalue weighted by molar-refractivity contribution is -0.115. The van der Waals surface area contributed by atoms with Crippen LogP contribution in [-0.2, 0) is 14.8 Å². The molecule has 118 valence electrons. The third-order valence-electron chi connectivity index (χ3n) is 2.56. The minimum Gasteiger partial charge on any atom is -0.492 e. The fraction of sp³-hybridized carbons (Fsp3) is 0.462. The zero-order valence-electron chi connectivity index (χ0n) is 12.0. The zero-order valence-corrected chi connectivity index (χ0v) is 12.9. The maximum atomic E-state index is 12.0. The van der Waals surface area contributed by atoms with E-state index in [0.29, 0.717) is 18.0 Å². The lowest BCUT2D eigenvalue weighted by atomic mass is 10.3. The molecule has 0 aromatic heterocycles. The van der Waals surface area contributed by atoms with Crippen molar-refractivity contribution in [2.45, 2.75) is 25.2 Å². The van der Waals surface area contributed by atoms with Crippen LogP contribution in [0.25, 0.3) is 0 Å². The predicted molar refractivity (Wildman–Crippen MR) is 78.8 cm³/mol. The first-order chi connectivity index (χ1) is 9.94. The van der Waals surface area contributed by atoms with Crippen molar-refractivity contribution >= 4 is 21.6 Å². The van der Waals surface area contributed by atoms with Crippen molar-refractivity contribution in [3.05, 3.63) is 18.2 Å². The summed E-state index contributed by atoms with van der Waals surface area (Å²) in [6.07, 6.45) is 0.269. The monoisotopic (exact) mass is 316 g/mol. The molecule has 0 atom stereocenters. The highest BCUT2D eigenvalue weighted by Crippen LogP contribution is 2.28. The first-order valence-electron chi connectivity index (χ1n) is 6.61. The molecule has 21 heavy (non-hydrogen) atoms. The van der Waals surface area contributed by atoms with Gasteiger partial charge in [-0.1, -0.05) is 6.92 Å². The summed E-state index contributed by atoms with van der Waals surface area (Å²) < 4.78 is 31.6. The average molecular weight is 316 g/mol. The Balaban J connectivity index is 3.13. The number of aliphatic hydroxyl groups is 1. The van der Waals surface area contributed by atoms with Gasteiger partial charge in [0.15, 0.2) is 0 Å². The number of sulfonamides is 1. The second-order valence-electron chi connectivity index (χ2n) is 4.11. The van der Waals surface area contributed by atoms with Crippen LogP contribution < -0.4 is 14.8 Å². The Morgan fingerprint density at radius 2 is 2.05 bits per heavy atom. The number of carbonyl (C=O) groups excluding carboxylic acids is 1. The average Bonchev–Trinajstić information content (AvgIpc) is 2.47. The van der Waals surface area contributed by atoms with Crippen molar-refractivity contribution in [3.8, 4) is 5.75 Å². The molecular weight excluding hydrogens is 296 g/mol. The largest absolute Gasteiger partial charge is 0.492 e. The molecule has 0 saturated heterocycles. The molecule has 0 fully saturated rings. The van der Waals surface area contributed by atoms with Crippen molar-refractivity contribution in [1.82, 2.24) is 4.72 Å². The number of benzene rings is 1. The SMILES string of the molecule is CCOc1ccc(S(=O)(=O)NCCO)cc1NC(=O)CC. The Morgan fingerprint density at radius 1 is 1.33 bits per heavy atom. The molecule has 0 aliphatic rings. The topological polar surface area (TPSA) is 105 Å². The summed E-state index contributed by atoms with van der Waals surface area (Å²) in [6, 6.07) is 4.20. The fourth-order valence-corrected chi connectivity index (χ4v) is 2.60. The molecule has 0 spiro atoms. The van der Waals surface area contributed by atoms with Crippen LogP contribution in [-0.4, -0.2) is 39.2 Å². The van der Waals surface area contributed by atoms with Gasteiger partial charge < -0.3 is 15.2 Å². The van der Waals surface area contributed by atoms with E-state index in [-0.39, 0.29) is 30.4 Å². The van der Waals surface area contributed by atoms with Gasteiger partial charge >= 0.3 is 0 Å². The van der Waals surface area contributed by atoms with Gasteiger partial charge in [-0.25, -0.2) is 13.1 Å². The molecular formula is C13H20N2O5S. The molecule has 7 nitrogen and oxygen atoms in total. The first kappa shape index (κ1) is 17.4. The third-order valence-corrected chi connectivity index (χ3v) is 4.02. The van der Waals surface area contributed by atoms with Gasteiger partial charge in [-0.3, -0.25) is 4.79 Å². The molecule has 0 unspecified atom stereocenters. The van der Waals surface area contributed by atoms with Crippen LogP contribution in [0.1, 0.15) is 20.3 Å². The van der Waals surface area contributed by atoms with Crippen LogP contribution in [0, 0.1) is 0 Å². The summed E-state index contributed by atoms with van der Waals surface area (Å²) in [7, 11) is -3.74. The minimum atomic E-state index is -3.74. The molecule has 0 radical (unpaired) electrons. The van der Waals surface area contributed by atoms with E-state index in [1.165, 1.54) is 18.2 Å². The second-order valence-corrected chi connectivity index (χ2v) is 5.88. The second kappa shape index (κ2) is 7.96. The minimum absolute atomic E-state index is 0.00851. The number of amides is 1. The molecule has 0 heterocycles. The van der Waals surface area contributed by atoms with E-state index in [0.717, 1.165) is 0 Å². The highest BCUT2D eigenvalue weighted by atomic mass is 32.2. The van der Waals surface area contributed by atoms with Crippen LogP contribution in [0.2, 0.25) is 0 Å². The smallest absolute Gasteiger partial charge is 0.240 e. The van der Waals surface area contributed by atoms with Gasteiger partial charge in [0.2, 0.25) is 15.9 Å². The molecule has 3 N–H and O–H groups in total. The summed E-state index contributed by atoms with van der Waals surface area (Å²) in [6.45, 7) is 3.50. The van der Waals surface area contributed by atoms with Gasteiger partial charge in [-0.05, 0) is 25.1 Å². The van der Waals surface area contributed by atoms with E-state index in [2.05, 4.69) is 10.0 Å². The highest BCUT2D eigenvalue weighted by Gasteiger charge is 2.17. The molecule has 1 amide bonds. The van der Waals surface area contributed by atoms with Crippen LogP contribution in [0.4, 0.5) is 5.69 Å². The zero-order chi connectivity index (χ0) is 15.9. The summed E-state index contributed by atoms with van der Waals surface area (Å²) in [5, 5.41) is 11.3. The molecule has 1 rings (SSSR count). The first-order valence-corrected chi connectivity index (χ1v) is 8.10. The standard InChI is InChI=1S/C13H20N2O5S/c1-3-13(17)15-11-9-10(5-6-12(11)20-4-2)21(18,19)14-7-8-16/h5-6,9,14,16H,3-4,7-8H2,1-2H3,(H,15,17). The molecule has 0 bridgehead atoms. The Morgan fingerprint density at radius 3 is 2.62 bits per heavy atom. The van der Waals surface area contributed by atoms with E-state index >= 15 is 0 Å². The quantitative estimate of drug-likeness (QED) is 0.655. The van der Waals surface area contributed by atoms with Crippen LogP contribution in [0.5, 0.6) is 5.75 Å². The highest BCUT2D eigenvalue weighted by molar-refractivity contribution is 7.89. The Kier molecular flexibility index (Phi) is 6.60. The van der Waals surface area contributed by atoms with E-state index in [4.69, 9.17) is 9.84 Å². The fourth-order valence-electron chi connectivity index (χ4n) is 1.56. The van der Waals surface area contributed by atoms with Gasteiger partial charge in [-0.15, -0.1) is 0 Å². The lowest BCUT2D eigenvalue weighted by Gasteiger charge is -2.13. The van der Waals surface area contributed by atoms with Gasteiger partial charge in [0, 0.05) is 13.0 Å². The summed E-state index contributed by atoms with van der Waals surface area (Å²) in [4.78, 5) is 11.5. The molecule has 1 aromatic rings. The van der Waals surface area contributed by atoms with Gasteiger partial charge in [0.25, 0.3) is 0 Å². The van der Waals surface area contributed by atoms with Gasteiger partial charge in [0.05, 0.1) is 23.8 Å². The van der Waals surface area contributed by atoms with Crippen LogP contribution in [0.15, 0.2) is 23.1 Å². The normalized spacial score (nSPS) is 11.2. The summed E-state index contributed by atoms with van der Waals surface area (Å²) >= 11 is 0.